The van der Waals surface area contributed by atoms with Crippen LogP contribution in [0.1, 0.15) is 16.7 Å². The van der Waals surface area contributed by atoms with Crippen LogP contribution in [-0.4, -0.2) is 12.5 Å². The van der Waals surface area contributed by atoms with Crippen LogP contribution >= 0.6 is 23.2 Å². The fourth-order valence-corrected chi connectivity index (χ4v) is 3.19. The maximum atomic E-state index is 12.1. The topological polar surface area (TPSA) is 50.4 Å². The predicted molar refractivity (Wildman–Crippen MR) is 120 cm³/mol. The van der Waals surface area contributed by atoms with Crippen molar-refractivity contribution in [3.8, 4) is 5.75 Å². The molecule has 0 aliphatic rings. The molecule has 0 fully saturated rings. The van der Waals surface area contributed by atoms with E-state index in [4.69, 9.17) is 27.9 Å². The predicted octanol–water partition coefficient (Wildman–Crippen LogP) is 6.24. The van der Waals surface area contributed by atoms with E-state index in [1.807, 2.05) is 68.4 Å². The van der Waals surface area contributed by atoms with E-state index in [0.717, 1.165) is 22.5 Å². The summed E-state index contributed by atoms with van der Waals surface area (Å²) in [4.78, 5) is 12.1. The van der Waals surface area contributed by atoms with Crippen molar-refractivity contribution < 1.29 is 9.53 Å². The first-order valence-corrected chi connectivity index (χ1v) is 9.94. The van der Waals surface area contributed by atoms with Crippen LogP contribution in [0.15, 0.2) is 60.7 Å². The molecule has 150 valence electrons. The number of anilines is 2. The van der Waals surface area contributed by atoms with Gasteiger partial charge in [-0.05, 0) is 66.9 Å². The zero-order chi connectivity index (χ0) is 20.8. The third-order valence-corrected chi connectivity index (χ3v) is 5.13. The van der Waals surface area contributed by atoms with Crippen molar-refractivity contribution >= 4 is 40.5 Å². The van der Waals surface area contributed by atoms with Crippen LogP contribution < -0.4 is 15.4 Å². The number of ether oxygens (including phenoxy) is 1. The SMILES string of the molecule is Cc1ccc(NC(=O)COc2ccc(CNc3ccccc3Cl)cc2Cl)cc1C. The second kappa shape index (κ2) is 9.68. The Labute approximate surface area is 180 Å². The molecule has 3 aromatic rings. The molecule has 0 aliphatic heterocycles. The first-order valence-electron chi connectivity index (χ1n) is 9.19. The summed E-state index contributed by atoms with van der Waals surface area (Å²) in [6.07, 6.45) is 0. The lowest BCUT2D eigenvalue weighted by atomic mass is 10.1. The number of para-hydroxylation sites is 1. The number of hydrogen-bond donors (Lipinski definition) is 2. The van der Waals surface area contributed by atoms with Crippen LogP contribution in [0.4, 0.5) is 11.4 Å². The highest BCUT2D eigenvalue weighted by Crippen LogP contribution is 2.27. The normalized spacial score (nSPS) is 10.5. The number of rotatable bonds is 7. The highest BCUT2D eigenvalue weighted by molar-refractivity contribution is 6.33. The second-order valence-electron chi connectivity index (χ2n) is 6.73. The van der Waals surface area contributed by atoms with Crippen LogP contribution in [0.5, 0.6) is 5.75 Å². The number of carbonyl (C=O) groups excluding carboxylic acids is 1. The van der Waals surface area contributed by atoms with E-state index in [2.05, 4.69) is 10.6 Å². The summed E-state index contributed by atoms with van der Waals surface area (Å²) in [6, 6.07) is 18.8. The quantitative estimate of drug-likeness (QED) is 0.468. The molecule has 3 aromatic carbocycles. The summed E-state index contributed by atoms with van der Waals surface area (Å²) in [5.74, 6) is 0.220. The zero-order valence-electron chi connectivity index (χ0n) is 16.3. The molecule has 2 N–H and O–H groups in total. The number of nitrogens with one attached hydrogen (secondary N) is 2. The van der Waals surface area contributed by atoms with E-state index in [-0.39, 0.29) is 12.5 Å². The summed E-state index contributed by atoms with van der Waals surface area (Å²) in [5.41, 5.74) is 4.87. The first kappa shape index (κ1) is 21.0. The van der Waals surface area contributed by atoms with Gasteiger partial charge in [0.2, 0.25) is 0 Å². The smallest absolute Gasteiger partial charge is 0.262 e. The van der Waals surface area contributed by atoms with E-state index in [1.54, 1.807) is 6.07 Å². The highest BCUT2D eigenvalue weighted by Gasteiger charge is 2.08. The van der Waals surface area contributed by atoms with Gasteiger partial charge in [-0.2, -0.15) is 0 Å². The Morgan fingerprint density at radius 1 is 0.931 bits per heavy atom. The summed E-state index contributed by atoms with van der Waals surface area (Å²) in [7, 11) is 0. The Morgan fingerprint density at radius 3 is 2.45 bits per heavy atom. The third-order valence-electron chi connectivity index (χ3n) is 4.50. The molecule has 0 aromatic heterocycles. The van der Waals surface area contributed by atoms with E-state index < -0.39 is 0 Å². The second-order valence-corrected chi connectivity index (χ2v) is 7.55. The standard InChI is InChI=1S/C23H22Cl2N2O2/c1-15-7-9-18(11-16(15)2)27-23(28)14-29-22-10-8-17(12-20(22)25)13-26-21-6-4-3-5-19(21)24/h3-12,26H,13-14H2,1-2H3,(H,27,28). The lowest BCUT2D eigenvalue weighted by molar-refractivity contribution is -0.118. The van der Waals surface area contributed by atoms with Gasteiger partial charge in [0.15, 0.2) is 6.61 Å². The highest BCUT2D eigenvalue weighted by atomic mass is 35.5. The van der Waals surface area contributed by atoms with E-state index in [9.17, 15) is 4.79 Å². The summed E-state index contributed by atoms with van der Waals surface area (Å²) >= 11 is 12.5. The fourth-order valence-electron chi connectivity index (χ4n) is 2.73. The molecule has 0 saturated carbocycles. The first-order chi connectivity index (χ1) is 13.9. The van der Waals surface area contributed by atoms with Gasteiger partial charge in [0.25, 0.3) is 5.91 Å². The van der Waals surface area contributed by atoms with Gasteiger partial charge in [0.1, 0.15) is 5.75 Å². The van der Waals surface area contributed by atoms with Crippen LogP contribution in [0.3, 0.4) is 0 Å². The van der Waals surface area contributed by atoms with Crippen molar-refractivity contribution in [2.75, 3.05) is 17.2 Å². The van der Waals surface area contributed by atoms with Gasteiger partial charge in [-0.1, -0.05) is 47.5 Å². The largest absolute Gasteiger partial charge is 0.482 e. The molecule has 3 rings (SSSR count). The minimum atomic E-state index is -0.242. The van der Waals surface area contributed by atoms with Crippen molar-refractivity contribution in [2.45, 2.75) is 20.4 Å². The average Bonchev–Trinajstić information content (AvgIpc) is 2.69. The molecule has 29 heavy (non-hydrogen) atoms. The Bertz CT molecular complexity index is 1020. The van der Waals surface area contributed by atoms with Crippen LogP contribution in [0.25, 0.3) is 0 Å². The minimum absolute atomic E-state index is 0.121. The molecule has 6 heteroatoms. The van der Waals surface area contributed by atoms with Crippen molar-refractivity contribution in [3.63, 3.8) is 0 Å². The summed E-state index contributed by atoms with van der Waals surface area (Å²) in [5, 5.41) is 7.20. The Morgan fingerprint density at radius 2 is 1.72 bits per heavy atom. The Balaban J connectivity index is 1.54. The lowest BCUT2D eigenvalue weighted by Crippen LogP contribution is -2.20. The van der Waals surface area contributed by atoms with Crippen molar-refractivity contribution in [1.82, 2.24) is 0 Å². The average molecular weight is 429 g/mol. The van der Waals surface area contributed by atoms with Gasteiger partial charge < -0.3 is 15.4 Å². The molecule has 0 spiro atoms. The molecule has 0 heterocycles. The van der Waals surface area contributed by atoms with Crippen molar-refractivity contribution in [2.24, 2.45) is 0 Å². The summed E-state index contributed by atoms with van der Waals surface area (Å²) < 4.78 is 5.58. The molecule has 0 bridgehead atoms. The number of carbonyl (C=O) groups is 1. The van der Waals surface area contributed by atoms with Crippen molar-refractivity contribution in [1.29, 1.82) is 0 Å². The number of aryl methyl sites for hydroxylation is 2. The Hall–Kier alpha value is -2.69. The molecular formula is C23H22Cl2N2O2. The Kier molecular flexibility index (Phi) is 7.02. The molecule has 1 amide bonds. The zero-order valence-corrected chi connectivity index (χ0v) is 17.8. The van der Waals surface area contributed by atoms with Crippen LogP contribution in [-0.2, 0) is 11.3 Å². The van der Waals surface area contributed by atoms with E-state index in [0.29, 0.717) is 22.3 Å². The molecule has 0 unspecified atom stereocenters. The van der Waals surface area contributed by atoms with E-state index >= 15 is 0 Å². The molecular weight excluding hydrogens is 407 g/mol. The van der Waals surface area contributed by atoms with Crippen LogP contribution in [0.2, 0.25) is 10.0 Å². The van der Waals surface area contributed by atoms with Gasteiger partial charge in [0.05, 0.1) is 15.7 Å². The molecule has 0 radical (unpaired) electrons. The minimum Gasteiger partial charge on any atom is -0.482 e. The maximum absolute atomic E-state index is 12.1. The van der Waals surface area contributed by atoms with E-state index in [1.165, 1.54) is 5.56 Å². The van der Waals surface area contributed by atoms with Gasteiger partial charge in [0, 0.05) is 12.2 Å². The monoisotopic (exact) mass is 428 g/mol. The van der Waals surface area contributed by atoms with Crippen molar-refractivity contribution in [3.05, 3.63) is 87.4 Å². The molecule has 0 saturated heterocycles. The number of halogens is 2. The fraction of sp³-hybridized carbons (Fsp3) is 0.174. The maximum Gasteiger partial charge on any atom is 0.262 e. The number of benzene rings is 3. The van der Waals surface area contributed by atoms with Gasteiger partial charge in [-0.3, -0.25) is 4.79 Å². The van der Waals surface area contributed by atoms with Gasteiger partial charge in [-0.25, -0.2) is 0 Å². The van der Waals surface area contributed by atoms with Gasteiger partial charge in [-0.15, -0.1) is 0 Å². The van der Waals surface area contributed by atoms with Crippen LogP contribution in [0, 0.1) is 13.8 Å². The molecule has 0 aliphatic carbocycles. The lowest BCUT2D eigenvalue weighted by Gasteiger charge is -2.12. The number of amides is 1. The summed E-state index contributed by atoms with van der Waals surface area (Å²) in [6.45, 7) is 4.48. The van der Waals surface area contributed by atoms with Gasteiger partial charge >= 0.3 is 0 Å². The third kappa shape index (κ3) is 5.89. The molecule has 4 nitrogen and oxygen atoms in total. The number of hydrogen-bond acceptors (Lipinski definition) is 3. The molecule has 0 atom stereocenters.